The molecule has 0 heterocycles. The van der Waals surface area contributed by atoms with Crippen LogP contribution >= 0.6 is 90.4 Å². The van der Waals surface area contributed by atoms with Gasteiger partial charge >= 0.3 is 11.9 Å². The summed E-state index contributed by atoms with van der Waals surface area (Å²) in [6.07, 6.45) is 2.30. The van der Waals surface area contributed by atoms with Crippen LogP contribution < -0.4 is 9.47 Å². The van der Waals surface area contributed by atoms with Crippen LogP contribution in [0.15, 0.2) is 24.3 Å². The smallest absolute Gasteiger partial charge is 0.306 e. The minimum absolute atomic E-state index is 0.235. The van der Waals surface area contributed by atoms with Gasteiger partial charge in [0.05, 0.1) is 41.2 Å². The van der Waals surface area contributed by atoms with E-state index in [4.69, 9.17) is 18.9 Å². The number of methoxy groups -OCH3 is 1. The van der Waals surface area contributed by atoms with Crippen molar-refractivity contribution in [1.29, 1.82) is 0 Å². The number of hydrogen-bond acceptors (Lipinski definition) is 6. The molecule has 0 aliphatic carbocycles. The van der Waals surface area contributed by atoms with E-state index in [-0.39, 0.29) is 25.2 Å². The Morgan fingerprint density at radius 3 is 1.53 bits per heavy atom. The number of hydrogen-bond donors (Lipinski definition) is 0. The van der Waals surface area contributed by atoms with Crippen LogP contribution in [0.3, 0.4) is 0 Å². The summed E-state index contributed by atoms with van der Waals surface area (Å²) in [5, 5.41) is 0. The Balaban J connectivity index is 1.63. The van der Waals surface area contributed by atoms with E-state index >= 15 is 0 Å². The molecule has 0 spiro atoms. The Morgan fingerprint density at radius 2 is 1.15 bits per heavy atom. The molecule has 0 aromatic heterocycles. The van der Waals surface area contributed by atoms with E-state index in [0.717, 1.165) is 36.9 Å². The quantitative estimate of drug-likeness (QED) is 0.129. The summed E-state index contributed by atoms with van der Waals surface area (Å²) in [4.78, 5) is 24.1. The van der Waals surface area contributed by atoms with E-state index in [0.29, 0.717) is 38.7 Å². The van der Waals surface area contributed by atoms with Crippen LogP contribution in [-0.2, 0) is 31.9 Å². The van der Waals surface area contributed by atoms with Gasteiger partial charge < -0.3 is 18.9 Å². The monoisotopic (exact) mass is 918 g/mol. The average Bonchev–Trinajstić information content (AvgIpc) is 2.78. The lowest BCUT2D eigenvalue weighted by Crippen LogP contribution is -2.12. The van der Waals surface area contributed by atoms with Crippen LogP contribution in [0.4, 0.5) is 0 Å². The van der Waals surface area contributed by atoms with Gasteiger partial charge in [0, 0.05) is 19.3 Å². The summed E-state index contributed by atoms with van der Waals surface area (Å²) < 4.78 is 25.7. The molecule has 6 nitrogen and oxygen atoms in total. The first-order valence-electron chi connectivity index (χ1n) is 10.7. The molecule has 0 aliphatic heterocycles. The molecule has 0 amide bonds. The average molecular weight is 918 g/mol. The third-order valence-corrected chi connectivity index (χ3v) is 7.86. The molecule has 0 unspecified atom stereocenters. The normalized spacial score (nSPS) is 10.6. The summed E-state index contributed by atoms with van der Waals surface area (Å²) >= 11 is 8.96. The zero-order chi connectivity index (χ0) is 25.1. The lowest BCUT2D eigenvalue weighted by atomic mass is 10.1. The molecule has 0 fully saturated rings. The first-order valence-corrected chi connectivity index (χ1v) is 15.0. The molecule has 0 saturated heterocycles. The zero-order valence-corrected chi connectivity index (χ0v) is 27.6. The maximum Gasteiger partial charge on any atom is 0.306 e. The third kappa shape index (κ3) is 10.1. The predicted molar refractivity (Wildman–Crippen MR) is 165 cm³/mol. The van der Waals surface area contributed by atoms with Crippen molar-refractivity contribution in [2.24, 2.45) is 0 Å². The van der Waals surface area contributed by atoms with E-state index in [9.17, 15) is 9.59 Å². The van der Waals surface area contributed by atoms with Crippen molar-refractivity contribution >= 4 is 102 Å². The lowest BCUT2D eigenvalue weighted by Gasteiger charge is -2.11. The van der Waals surface area contributed by atoms with Crippen molar-refractivity contribution in [3.63, 3.8) is 0 Å². The molecule has 34 heavy (non-hydrogen) atoms. The number of carbonyl (C=O) groups excluding carboxylic acids is 2. The molecule has 0 N–H and O–H groups in total. The second-order valence-electron chi connectivity index (χ2n) is 7.21. The Labute approximate surface area is 255 Å². The van der Waals surface area contributed by atoms with Crippen LogP contribution in [0.2, 0.25) is 0 Å². The van der Waals surface area contributed by atoms with Gasteiger partial charge in [0.2, 0.25) is 0 Å². The number of rotatable bonds is 13. The van der Waals surface area contributed by atoms with Gasteiger partial charge in [0.15, 0.2) is 0 Å². The molecule has 0 saturated carbocycles. The van der Waals surface area contributed by atoms with Gasteiger partial charge in [-0.3, -0.25) is 9.59 Å². The van der Waals surface area contributed by atoms with Crippen LogP contribution in [0, 0.1) is 14.3 Å². The fourth-order valence-corrected chi connectivity index (χ4v) is 7.60. The minimum Gasteiger partial charge on any atom is -0.495 e. The molecular formula is C24H26I4O6. The van der Waals surface area contributed by atoms with Crippen LogP contribution in [0.5, 0.6) is 11.5 Å². The first-order chi connectivity index (χ1) is 16.2. The molecule has 2 aromatic rings. The summed E-state index contributed by atoms with van der Waals surface area (Å²) in [6.45, 7) is 3.05. The number of ether oxygens (including phenoxy) is 4. The Hall–Kier alpha value is -0.100. The van der Waals surface area contributed by atoms with E-state index in [2.05, 4.69) is 90.4 Å². The van der Waals surface area contributed by atoms with Crippen molar-refractivity contribution in [3.05, 3.63) is 49.7 Å². The van der Waals surface area contributed by atoms with Crippen molar-refractivity contribution in [1.82, 2.24) is 0 Å². The maximum absolute atomic E-state index is 12.0. The molecule has 0 radical (unpaired) electrons. The van der Waals surface area contributed by atoms with Gasteiger partial charge in [-0.2, -0.15) is 0 Å². The van der Waals surface area contributed by atoms with Crippen LogP contribution in [0.1, 0.15) is 37.3 Å². The predicted octanol–water partition coefficient (Wildman–Crippen LogP) is 6.55. The van der Waals surface area contributed by atoms with Crippen LogP contribution in [0.25, 0.3) is 0 Å². The molecule has 186 valence electrons. The maximum atomic E-state index is 12.0. The molecule has 2 rings (SSSR count). The van der Waals surface area contributed by atoms with E-state index in [1.54, 1.807) is 7.11 Å². The summed E-state index contributed by atoms with van der Waals surface area (Å²) in [5.74, 6) is 1.23. The third-order valence-electron chi connectivity index (χ3n) is 4.66. The highest BCUT2D eigenvalue weighted by Crippen LogP contribution is 2.30. The highest BCUT2D eigenvalue weighted by Gasteiger charge is 2.12. The number of carbonyl (C=O) groups is 2. The Morgan fingerprint density at radius 1 is 0.735 bits per heavy atom. The zero-order valence-electron chi connectivity index (χ0n) is 18.9. The van der Waals surface area contributed by atoms with E-state index < -0.39 is 0 Å². The van der Waals surface area contributed by atoms with Crippen molar-refractivity contribution in [2.75, 3.05) is 26.9 Å². The van der Waals surface area contributed by atoms with Gasteiger partial charge in [0.25, 0.3) is 0 Å². The first kappa shape index (κ1) is 30.1. The SMILES string of the molecule is CCOc1c(I)cc(CCC(=O)OCCCOC(=O)CCc2cc(I)c(OC)c(I)c2)cc1I. The fraction of sp³-hybridized carbons (Fsp3) is 0.417. The van der Waals surface area contributed by atoms with Gasteiger partial charge in [-0.1, -0.05) is 0 Å². The Kier molecular flexibility index (Phi) is 14.1. The number of benzene rings is 2. The molecule has 0 atom stereocenters. The summed E-state index contributed by atoms with van der Waals surface area (Å²) in [5.41, 5.74) is 2.14. The molecule has 0 bridgehead atoms. The molecule has 10 heteroatoms. The Bertz CT molecular complexity index is 949. The number of halogens is 4. The lowest BCUT2D eigenvalue weighted by molar-refractivity contribution is -0.146. The van der Waals surface area contributed by atoms with Gasteiger partial charge in [-0.15, -0.1) is 0 Å². The van der Waals surface area contributed by atoms with Crippen molar-refractivity contribution in [3.8, 4) is 11.5 Å². The molecular weight excluding hydrogens is 892 g/mol. The highest BCUT2D eigenvalue weighted by molar-refractivity contribution is 14.1. The number of aryl methyl sites for hydroxylation is 2. The summed E-state index contributed by atoms with van der Waals surface area (Å²) in [7, 11) is 1.65. The summed E-state index contributed by atoms with van der Waals surface area (Å²) in [6, 6.07) is 8.11. The largest absolute Gasteiger partial charge is 0.495 e. The van der Waals surface area contributed by atoms with Crippen LogP contribution in [-0.4, -0.2) is 38.9 Å². The molecule has 0 aliphatic rings. The second-order valence-corrected chi connectivity index (χ2v) is 11.9. The highest BCUT2D eigenvalue weighted by atomic mass is 127. The molecule has 2 aromatic carbocycles. The van der Waals surface area contributed by atoms with Gasteiger partial charge in [0.1, 0.15) is 11.5 Å². The second kappa shape index (κ2) is 15.9. The van der Waals surface area contributed by atoms with E-state index in [1.807, 2.05) is 31.2 Å². The van der Waals surface area contributed by atoms with Crippen molar-refractivity contribution < 1.29 is 28.5 Å². The fourth-order valence-electron chi connectivity index (χ4n) is 3.06. The van der Waals surface area contributed by atoms with Crippen molar-refractivity contribution in [2.45, 2.75) is 39.0 Å². The van der Waals surface area contributed by atoms with Gasteiger partial charge in [-0.05, 0) is 146 Å². The standard InChI is InChI=1S/C24H26I4O6/c1-3-32-24-19(27)13-16(14-20(24)28)6-8-22(30)34-10-4-9-33-21(29)7-5-15-11-17(25)23(31-2)18(26)12-15/h11-14H,3-10H2,1-2H3. The number of esters is 2. The van der Waals surface area contributed by atoms with E-state index in [1.165, 1.54) is 0 Å². The minimum atomic E-state index is -0.258. The topological polar surface area (TPSA) is 71.1 Å². The van der Waals surface area contributed by atoms with Gasteiger partial charge in [-0.25, -0.2) is 0 Å².